The lowest BCUT2D eigenvalue weighted by Gasteiger charge is -2.23. The summed E-state index contributed by atoms with van der Waals surface area (Å²) in [5.74, 6) is -1.41. The Labute approximate surface area is 109 Å². The van der Waals surface area contributed by atoms with Gasteiger partial charge in [-0.2, -0.15) is 4.98 Å². The second-order valence-electron chi connectivity index (χ2n) is 5.43. The first kappa shape index (κ1) is 13.6. The first-order chi connectivity index (χ1) is 8.79. The van der Waals surface area contributed by atoms with E-state index in [2.05, 4.69) is 10.1 Å². The van der Waals surface area contributed by atoms with Crippen LogP contribution in [0.1, 0.15) is 32.7 Å². The van der Waals surface area contributed by atoms with Gasteiger partial charge in [0.2, 0.25) is 11.7 Å². The van der Waals surface area contributed by atoms with Crippen LogP contribution in [0.25, 0.3) is 11.4 Å². The van der Waals surface area contributed by atoms with Gasteiger partial charge in [-0.3, -0.25) is 0 Å². The topological polar surface area (TPSA) is 64.9 Å². The highest BCUT2D eigenvalue weighted by Gasteiger charge is 2.27. The average Bonchev–Trinajstić information content (AvgIpc) is 2.79. The predicted molar refractivity (Wildman–Crippen MR) is 66.0 cm³/mol. The first-order valence-corrected chi connectivity index (χ1v) is 5.83. The number of halogens is 2. The van der Waals surface area contributed by atoms with Gasteiger partial charge in [0.15, 0.2) is 11.6 Å². The quantitative estimate of drug-likeness (QED) is 0.908. The molecule has 0 saturated heterocycles. The van der Waals surface area contributed by atoms with E-state index >= 15 is 0 Å². The second kappa shape index (κ2) is 4.70. The molecule has 1 aromatic carbocycles. The van der Waals surface area contributed by atoms with Gasteiger partial charge in [-0.1, -0.05) is 25.9 Å². The van der Waals surface area contributed by atoms with Crippen LogP contribution in [0, 0.1) is 17.0 Å². The molecule has 0 spiro atoms. The Morgan fingerprint density at radius 2 is 1.89 bits per heavy atom. The lowest BCUT2D eigenvalue weighted by Crippen LogP contribution is -2.26. The third-order valence-corrected chi connectivity index (χ3v) is 2.82. The molecule has 0 radical (unpaired) electrons. The number of hydrogen-bond donors (Lipinski definition) is 1. The molecule has 1 heterocycles. The molecule has 0 unspecified atom stereocenters. The standard InChI is InChI=1S/C13H15F2N3O/c1-13(2,3)10(16)12-17-11(18-19-12)7-4-5-8(14)9(15)6-7/h4-6,10H,16H2,1-3H3/t10-/m1/s1. The Morgan fingerprint density at radius 1 is 1.21 bits per heavy atom. The van der Waals surface area contributed by atoms with Gasteiger partial charge in [-0.15, -0.1) is 0 Å². The summed E-state index contributed by atoms with van der Waals surface area (Å²) in [4.78, 5) is 4.13. The Hall–Kier alpha value is -1.82. The maximum absolute atomic E-state index is 13.1. The van der Waals surface area contributed by atoms with E-state index in [9.17, 15) is 8.78 Å². The summed E-state index contributed by atoms with van der Waals surface area (Å²) in [6, 6.07) is 2.99. The van der Waals surface area contributed by atoms with Crippen molar-refractivity contribution in [3.63, 3.8) is 0 Å². The number of aromatic nitrogens is 2. The summed E-state index contributed by atoms with van der Waals surface area (Å²) in [5, 5.41) is 3.74. The lowest BCUT2D eigenvalue weighted by molar-refractivity contribution is 0.253. The van der Waals surface area contributed by atoms with Crippen molar-refractivity contribution in [3.8, 4) is 11.4 Å². The maximum Gasteiger partial charge on any atom is 0.244 e. The van der Waals surface area contributed by atoms with Gasteiger partial charge in [-0.25, -0.2) is 8.78 Å². The van der Waals surface area contributed by atoms with Gasteiger partial charge in [0.1, 0.15) is 0 Å². The molecular formula is C13H15F2N3O. The van der Waals surface area contributed by atoms with Crippen molar-refractivity contribution >= 4 is 0 Å². The third kappa shape index (κ3) is 2.78. The zero-order valence-electron chi connectivity index (χ0n) is 10.9. The molecule has 0 aliphatic rings. The number of nitrogens with zero attached hydrogens (tertiary/aromatic N) is 2. The molecule has 4 nitrogen and oxygen atoms in total. The minimum Gasteiger partial charge on any atom is -0.337 e. The van der Waals surface area contributed by atoms with E-state index in [1.54, 1.807) is 0 Å². The zero-order chi connectivity index (χ0) is 14.2. The fourth-order valence-corrected chi connectivity index (χ4v) is 1.48. The van der Waals surface area contributed by atoms with Crippen LogP contribution in [-0.2, 0) is 0 Å². The second-order valence-corrected chi connectivity index (χ2v) is 5.43. The summed E-state index contributed by atoms with van der Waals surface area (Å²) in [5.41, 5.74) is 6.09. The first-order valence-electron chi connectivity index (χ1n) is 5.83. The summed E-state index contributed by atoms with van der Waals surface area (Å²) >= 11 is 0. The van der Waals surface area contributed by atoms with Crippen molar-refractivity contribution in [1.29, 1.82) is 0 Å². The molecule has 0 aliphatic carbocycles. The highest BCUT2D eigenvalue weighted by Crippen LogP contribution is 2.30. The van der Waals surface area contributed by atoms with Crippen LogP contribution in [-0.4, -0.2) is 10.1 Å². The van der Waals surface area contributed by atoms with E-state index in [1.807, 2.05) is 20.8 Å². The molecule has 0 bridgehead atoms. The van der Waals surface area contributed by atoms with Crippen molar-refractivity contribution < 1.29 is 13.3 Å². The van der Waals surface area contributed by atoms with Crippen LogP contribution in [0.15, 0.2) is 22.7 Å². The Morgan fingerprint density at radius 3 is 2.47 bits per heavy atom. The number of hydrogen-bond acceptors (Lipinski definition) is 4. The molecular weight excluding hydrogens is 252 g/mol. The molecule has 102 valence electrons. The van der Waals surface area contributed by atoms with Gasteiger partial charge in [-0.05, 0) is 23.6 Å². The smallest absolute Gasteiger partial charge is 0.244 e. The fourth-order valence-electron chi connectivity index (χ4n) is 1.48. The van der Waals surface area contributed by atoms with Gasteiger partial charge in [0, 0.05) is 5.56 Å². The molecule has 2 rings (SSSR count). The summed E-state index contributed by atoms with van der Waals surface area (Å²) in [6.45, 7) is 5.83. The van der Waals surface area contributed by atoms with Crippen LogP contribution in [0.4, 0.5) is 8.78 Å². The summed E-state index contributed by atoms with van der Waals surface area (Å²) in [7, 11) is 0. The van der Waals surface area contributed by atoms with Crippen LogP contribution in [0.2, 0.25) is 0 Å². The average molecular weight is 267 g/mol. The highest BCUT2D eigenvalue weighted by atomic mass is 19.2. The van der Waals surface area contributed by atoms with Crippen LogP contribution >= 0.6 is 0 Å². The van der Waals surface area contributed by atoms with Gasteiger partial charge >= 0.3 is 0 Å². The normalized spacial score (nSPS) is 13.6. The zero-order valence-corrected chi connectivity index (χ0v) is 10.9. The van der Waals surface area contributed by atoms with Gasteiger partial charge in [0.25, 0.3) is 0 Å². The van der Waals surface area contributed by atoms with Crippen molar-refractivity contribution in [3.05, 3.63) is 35.7 Å². The van der Waals surface area contributed by atoms with Crippen molar-refractivity contribution in [2.75, 3.05) is 0 Å². The fraction of sp³-hybridized carbons (Fsp3) is 0.385. The number of benzene rings is 1. The number of nitrogens with two attached hydrogens (primary N) is 1. The molecule has 6 heteroatoms. The monoisotopic (exact) mass is 267 g/mol. The number of rotatable bonds is 2. The van der Waals surface area contributed by atoms with Crippen molar-refractivity contribution in [2.24, 2.45) is 11.1 Å². The molecule has 0 saturated carbocycles. The molecule has 2 N–H and O–H groups in total. The Kier molecular flexibility index (Phi) is 3.36. The highest BCUT2D eigenvalue weighted by molar-refractivity contribution is 5.54. The van der Waals surface area contributed by atoms with Crippen molar-refractivity contribution in [2.45, 2.75) is 26.8 Å². The van der Waals surface area contributed by atoms with Gasteiger partial charge in [0.05, 0.1) is 6.04 Å². The van der Waals surface area contributed by atoms with Crippen molar-refractivity contribution in [1.82, 2.24) is 10.1 Å². The van der Waals surface area contributed by atoms with E-state index in [4.69, 9.17) is 10.3 Å². The van der Waals surface area contributed by atoms with E-state index in [1.165, 1.54) is 6.07 Å². The van der Waals surface area contributed by atoms with Gasteiger partial charge < -0.3 is 10.3 Å². The molecule has 1 aromatic heterocycles. The Balaban J connectivity index is 2.33. The van der Waals surface area contributed by atoms with E-state index in [-0.39, 0.29) is 17.1 Å². The molecule has 1 atom stereocenters. The summed E-state index contributed by atoms with van der Waals surface area (Å²) in [6.07, 6.45) is 0. The lowest BCUT2D eigenvalue weighted by atomic mass is 9.87. The SMILES string of the molecule is CC(C)(C)[C@H](N)c1nc(-c2ccc(F)c(F)c2)no1. The van der Waals surface area contributed by atoms with Crippen LogP contribution in [0.5, 0.6) is 0 Å². The molecule has 19 heavy (non-hydrogen) atoms. The van der Waals surface area contributed by atoms with E-state index in [0.29, 0.717) is 5.56 Å². The predicted octanol–water partition coefficient (Wildman–Crippen LogP) is 3.06. The third-order valence-electron chi connectivity index (χ3n) is 2.82. The van der Waals surface area contributed by atoms with E-state index in [0.717, 1.165) is 12.1 Å². The molecule has 0 amide bonds. The largest absolute Gasteiger partial charge is 0.337 e. The molecule has 2 aromatic rings. The molecule has 0 aliphatic heterocycles. The maximum atomic E-state index is 13.1. The minimum absolute atomic E-state index is 0.189. The Bertz CT molecular complexity index is 590. The van der Waals surface area contributed by atoms with Crippen LogP contribution < -0.4 is 5.73 Å². The minimum atomic E-state index is -0.955. The van der Waals surface area contributed by atoms with Crippen LogP contribution in [0.3, 0.4) is 0 Å². The summed E-state index contributed by atoms with van der Waals surface area (Å²) < 4.78 is 31.1. The molecule has 0 fully saturated rings. The van der Waals surface area contributed by atoms with E-state index < -0.39 is 17.7 Å².